The van der Waals surface area contributed by atoms with E-state index in [0.29, 0.717) is 12.2 Å². The second-order valence-corrected chi connectivity index (χ2v) is 6.32. The van der Waals surface area contributed by atoms with E-state index in [1.807, 2.05) is 0 Å². The first-order valence-corrected chi connectivity index (χ1v) is 7.94. The van der Waals surface area contributed by atoms with Crippen LogP contribution in [0.15, 0.2) is 18.2 Å². The van der Waals surface area contributed by atoms with Crippen LogP contribution in [0.3, 0.4) is 0 Å². The van der Waals surface area contributed by atoms with Gasteiger partial charge in [-0.2, -0.15) is 0 Å². The van der Waals surface area contributed by atoms with Gasteiger partial charge in [0.25, 0.3) is 0 Å². The van der Waals surface area contributed by atoms with Crippen molar-refractivity contribution in [2.24, 2.45) is 0 Å². The van der Waals surface area contributed by atoms with E-state index >= 15 is 0 Å². The minimum Gasteiger partial charge on any atom is -0.356 e. The van der Waals surface area contributed by atoms with Gasteiger partial charge in [-0.05, 0) is 37.3 Å². The molecule has 0 aromatic heterocycles. The first-order valence-electron chi connectivity index (χ1n) is 6.52. The van der Waals surface area contributed by atoms with Crippen molar-refractivity contribution < 1.29 is 14.0 Å². The second kappa shape index (κ2) is 8.89. The van der Waals surface area contributed by atoms with Gasteiger partial charge in [-0.1, -0.05) is 11.6 Å². The Morgan fingerprint density at radius 1 is 1.43 bits per heavy atom. The van der Waals surface area contributed by atoms with E-state index in [2.05, 4.69) is 10.6 Å². The molecule has 0 unspecified atom stereocenters. The van der Waals surface area contributed by atoms with E-state index < -0.39 is 5.82 Å². The number of rotatable bonds is 7. The van der Waals surface area contributed by atoms with Gasteiger partial charge < -0.3 is 10.6 Å². The zero-order valence-electron chi connectivity index (χ0n) is 11.9. The second-order valence-electron chi connectivity index (χ2n) is 4.46. The Bertz CT molecular complexity index is 514. The molecule has 0 spiro atoms. The fourth-order valence-corrected chi connectivity index (χ4v) is 2.59. The van der Waals surface area contributed by atoms with Gasteiger partial charge in [0, 0.05) is 13.5 Å². The van der Waals surface area contributed by atoms with Crippen molar-refractivity contribution in [3.63, 3.8) is 0 Å². The van der Waals surface area contributed by atoms with Crippen molar-refractivity contribution >= 4 is 40.9 Å². The van der Waals surface area contributed by atoms with Crippen molar-refractivity contribution in [2.75, 3.05) is 17.6 Å². The zero-order valence-corrected chi connectivity index (χ0v) is 13.5. The molecular formula is C14H18ClFN2O2S. The normalized spacial score (nSPS) is 11.8. The monoisotopic (exact) mass is 332 g/mol. The standard InChI is InChI=1S/C14H18ClFN2O2S/c1-9(21-7-3-6-17-10(2)19)14(20)18-13-5-4-11(16)8-12(13)15/h4-5,8-9H,3,6-7H2,1-2H3,(H,17,19)(H,18,20)/t9-/m0/s1. The number of hydrogen-bond acceptors (Lipinski definition) is 3. The van der Waals surface area contributed by atoms with Gasteiger partial charge in [-0.3, -0.25) is 9.59 Å². The summed E-state index contributed by atoms with van der Waals surface area (Å²) in [5.74, 6) is 0.0645. The molecule has 0 saturated heterocycles. The quantitative estimate of drug-likeness (QED) is 0.754. The number of anilines is 1. The Balaban J connectivity index is 2.35. The van der Waals surface area contributed by atoms with E-state index in [4.69, 9.17) is 11.6 Å². The molecule has 0 aliphatic rings. The summed E-state index contributed by atoms with van der Waals surface area (Å²) in [6.45, 7) is 3.85. The van der Waals surface area contributed by atoms with E-state index in [0.717, 1.165) is 18.2 Å². The number of amides is 2. The molecule has 2 amide bonds. The molecule has 0 radical (unpaired) electrons. The maximum Gasteiger partial charge on any atom is 0.237 e. The topological polar surface area (TPSA) is 58.2 Å². The average Bonchev–Trinajstić information content (AvgIpc) is 2.40. The fourth-order valence-electron chi connectivity index (χ4n) is 1.50. The predicted octanol–water partition coefficient (Wildman–Crippen LogP) is 3.07. The van der Waals surface area contributed by atoms with Crippen LogP contribution in [0.1, 0.15) is 20.3 Å². The van der Waals surface area contributed by atoms with Crippen molar-refractivity contribution in [2.45, 2.75) is 25.5 Å². The number of hydrogen-bond donors (Lipinski definition) is 2. The number of halogens is 2. The smallest absolute Gasteiger partial charge is 0.237 e. The maximum absolute atomic E-state index is 12.9. The first kappa shape index (κ1) is 17.8. The Kier molecular flexibility index (Phi) is 7.53. The Labute approximate surface area is 132 Å². The zero-order chi connectivity index (χ0) is 15.8. The van der Waals surface area contributed by atoms with Crippen LogP contribution < -0.4 is 10.6 Å². The van der Waals surface area contributed by atoms with Crippen LogP contribution in [0.2, 0.25) is 5.02 Å². The lowest BCUT2D eigenvalue weighted by molar-refractivity contribution is -0.119. The van der Waals surface area contributed by atoms with Gasteiger partial charge in [0.15, 0.2) is 0 Å². The minimum atomic E-state index is -0.446. The van der Waals surface area contributed by atoms with E-state index in [9.17, 15) is 14.0 Å². The molecule has 0 saturated carbocycles. The highest BCUT2D eigenvalue weighted by Gasteiger charge is 2.14. The summed E-state index contributed by atoms with van der Waals surface area (Å²) in [6, 6.07) is 3.83. The van der Waals surface area contributed by atoms with Crippen LogP contribution in [0.4, 0.5) is 10.1 Å². The van der Waals surface area contributed by atoms with Gasteiger partial charge in [0.2, 0.25) is 11.8 Å². The summed E-state index contributed by atoms with van der Waals surface area (Å²) < 4.78 is 12.9. The molecule has 4 nitrogen and oxygen atoms in total. The third kappa shape index (κ3) is 6.82. The summed E-state index contributed by atoms with van der Waals surface area (Å²) in [7, 11) is 0. The highest BCUT2D eigenvalue weighted by Crippen LogP contribution is 2.23. The lowest BCUT2D eigenvalue weighted by Crippen LogP contribution is -2.24. The molecule has 0 bridgehead atoms. The van der Waals surface area contributed by atoms with Gasteiger partial charge in [0.1, 0.15) is 5.82 Å². The summed E-state index contributed by atoms with van der Waals surface area (Å²) in [4.78, 5) is 22.7. The number of benzene rings is 1. The highest BCUT2D eigenvalue weighted by atomic mass is 35.5. The van der Waals surface area contributed by atoms with E-state index in [-0.39, 0.29) is 22.1 Å². The lowest BCUT2D eigenvalue weighted by atomic mass is 10.3. The number of carbonyl (C=O) groups excluding carboxylic acids is 2. The Morgan fingerprint density at radius 2 is 2.14 bits per heavy atom. The molecule has 0 heterocycles. The Morgan fingerprint density at radius 3 is 2.76 bits per heavy atom. The third-order valence-electron chi connectivity index (χ3n) is 2.62. The largest absolute Gasteiger partial charge is 0.356 e. The SMILES string of the molecule is CC(=O)NCCCS[C@@H](C)C(=O)Nc1ccc(F)cc1Cl. The molecule has 2 N–H and O–H groups in total. The molecule has 1 aromatic rings. The van der Waals surface area contributed by atoms with Crippen LogP contribution in [0, 0.1) is 5.82 Å². The molecule has 0 aliphatic carbocycles. The van der Waals surface area contributed by atoms with Crippen molar-refractivity contribution in [3.05, 3.63) is 29.0 Å². The van der Waals surface area contributed by atoms with Gasteiger partial charge >= 0.3 is 0 Å². The molecule has 1 aromatic carbocycles. The fraction of sp³-hybridized carbons (Fsp3) is 0.429. The predicted molar refractivity (Wildman–Crippen MR) is 85.3 cm³/mol. The number of nitrogens with one attached hydrogen (secondary N) is 2. The summed E-state index contributed by atoms with van der Waals surface area (Å²) in [5.41, 5.74) is 0.397. The average molecular weight is 333 g/mol. The molecule has 0 fully saturated rings. The van der Waals surface area contributed by atoms with E-state index in [1.165, 1.54) is 30.8 Å². The summed E-state index contributed by atoms with van der Waals surface area (Å²) in [5, 5.41) is 5.28. The third-order valence-corrected chi connectivity index (χ3v) is 4.17. The Hall–Kier alpha value is -1.27. The van der Waals surface area contributed by atoms with Gasteiger partial charge in [-0.15, -0.1) is 11.8 Å². The van der Waals surface area contributed by atoms with Crippen molar-refractivity contribution in [3.8, 4) is 0 Å². The number of thioether (sulfide) groups is 1. The molecule has 21 heavy (non-hydrogen) atoms. The first-order chi connectivity index (χ1) is 9.90. The van der Waals surface area contributed by atoms with E-state index in [1.54, 1.807) is 6.92 Å². The molecule has 1 atom stereocenters. The van der Waals surface area contributed by atoms with Crippen molar-refractivity contribution in [1.82, 2.24) is 5.32 Å². The van der Waals surface area contributed by atoms with Gasteiger partial charge in [0.05, 0.1) is 16.0 Å². The van der Waals surface area contributed by atoms with Crippen LogP contribution in [-0.4, -0.2) is 29.4 Å². The van der Waals surface area contributed by atoms with Crippen LogP contribution in [-0.2, 0) is 9.59 Å². The van der Waals surface area contributed by atoms with Crippen LogP contribution >= 0.6 is 23.4 Å². The van der Waals surface area contributed by atoms with Gasteiger partial charge in [-0.25, -0.2) is 4.39 Å². The van der Waals surface area contributed by atoms with Crippen molar-refractivity contribution in [1.29, 1.82) is 0 Å². The highest BCUT2D eigenvalue weighted by molar-refractivity contribution is 8.00. The van der Waals surface area contributed by atoms with Crippen LogP contribution in [0.5, 0.6) is 0 Å². The van der Waals surface area contributed by atoms with Crippen LogP contribution in [0.25, 0.3) is 0 Å². The maximum atomic E-state index is 12.9. The molecule has 1 rings (SSSR count). The molecule has 116 valence electrons. The molecule has 0 aliphatic heterocycles. The number of carbonyl (C=O) groups is 2. The summed E-state index contributed by atoms with van der Waals surface area (Å²) in [6.07, 6.45) is 0.791. The minimum absolute atomic E-state index is 0.0586. The lowest BCUT2D eigenvalue weighted by Gasteiger charge is -2.13. The summed E-state index contributed by atoms with van der Waals surface area (Å²) >= 11 is 7.34. The molecular weight excluding hydrogens is 315 g/mol. The molecule has 7 heteroatoms.